The molecule has 0 saturated carbocycles. The topological polar surface area (TPSA) is 175 Å². The lowest BCUT2D eigenvalue weighted by atomic mass is 9.96. The molecule has 0 unspecified atom stereocenters. The van der Waals surface area contributed by atoms with Crippen LogP contribution in [0.5, 0.6) is 0 Å². The van der Waals surface area contributed by atoms with Crippen molar-refractivity contribution < 1.29 is 29.0 Å². The lowest BCUT2D eigenvalue weighted by molar-refractivity contribution is -0.146. The molecule has 2 aromatic heterocycles. The highest BCUT2D eigenvalue weighted by Gasteiger charge is 2.32. The van der Waals surface area contributed by atoms with Gasteiger partial charge in [0.25, 0.3) is 5.91 Å². The number of pyridine rings is 1. The van der Waals surface area contributed by atoms with Gasteiger partial charge in [0.05, 0.1) is 37.0 Å². The quantitative estimate of drug-likeness (QED) is 0.116. The first-order chi connectivity index (χ1) is 22.6. The number of nitrogens with zero attached hydrogens (tertiary/aromatic N) is 2. The summed E-state index contributed by atoms with van der Waals surface area (Å²) in [6.45, 7) is 5.71. The second-order valence-electron chi connectivity index (χ2n) is 11.7. The SMILES string of the molecule is CCOC(=O)C[C@H](O)[C@H](CC(C)C)NC(=O)[C@@H](Cc1cnc[nH]1)NC(=O)[C@H](Cc1cccc2ncccc12)NC(=O)c1ccccc1. The molecule has 248 valence electrons. The Kier molecular flexibility index (Phi) is 12.6. The summed E-state index contributed by atoms with van der Waals surface area (Å²) >= 11 is 0. The van der Waals surface area contributed by atoms with Gasteiger partial charge in [-0.15, -0.1) is 0 Å². The van der Waals surface area contributed by atoms with Gasteiger partial charge in [0.2, 0.25) is 11.8 Å². The highest BCUT2D eigenvalue weighted by Crippen LogP contribution is 2.19. The number of aromatic nitrogens is 3. The van der Waals surface area contributed by atoms with Crippen LogP contribution in [-0.2, 0) is 32.0 Å². The van der Waals surface area contributed by atoms with Crippen molar-refractivity contribution in [2.24, 2.45) is 5.92 Å². The molecule has 2 heterocycles. The number of imidazole rings is 1. The maximum Gasteiger partial charge on any atom is 0.308 e. The monoisotopic (exact) mass is 642 g/mol. The van der Waals surface area contributed by atoms with E-state index in [0.29, 0.717) is 17.7 Å². The molecule has 0 fully saturated rings. The lowest BCUT2D eigenvalue weighted by Gasteiger charge is -2.28. The molecule has 12 heteroatoms. The molecule has 4 rings (SSSR count). The summed E-state index contributed by atoms with van der Waals surface area (Å²) in [7, 11) is 0. The number of esters is 1. The average molecular weight is 643 g/mol. The zero-order valence-corrected chi connectivity index (χ0v) is 26.8. The molecule has 0 saturated heterocycles. The standard InChI is InChI=1S/C35H42N6O6/c1-4-47-32(43)19-31(42)28(16-22(2)3)39-35(46)30(18-25-20-36-21-38-25)41-34(45)29(40-33(44)23-10-6-5-7-11-23)17-24-12-8-14-27-26(24)13-9-15-37-27/h5-15,20-22,28-31,42H,4,16-19H2,1-3H3,(H,36,38)(H,39,46)(H,40,44)(H,41,45)/t28-,29-,30+,31-/m0/s1. The van der Waals surface area contributed by atoms with Crippen molar-refractivity contribution in [2.75, 3.05) is 6.61 Å². The van der Waals surface area contributed by atoms with Crippen LogP contribution in [0.2, 0.25) is 0 Å². The number of ether oxygens (including phenoxy) is 1. The zero-order chi connectivity index (χ0) is 33.8. The molecular weight excluding hydrogens is 600 g/mol. The zero-order valence-electron chi connectivity index (χ0n) is 26.8. The second kappa shape index (κ2) is 17.0. The van der Waals surface area contributed by atoms with Crippen molar-refractivity contribution in [3.63, 3.8) is 0 Å². The Bertz CT molecular complexity index is 1620. The van der Waals surface area contributed by atoms with E-state index in [0.717, 1.165) is 16.5 Å². The molecule has 4 aromatic rings. The van der Waals surface area contributed by atoms with Crippen molar-refractivity contribution in [1.29, 1.82) is 0 Å². The highest BCUT2D eigenvalue weighted by molar-refractivity contribution is 5.98. The fraction of sp³-hybridized carbons (Fsp3) is 0.371. The molecule has 0 aliphatic rings. The van der Waals surface area contributed by atoms with Crippen molar-refractivity contribution in [3.05, 3.63) is 96.2 Å². The fourth-order valence-electron chi connectivity index (χ4n) is 5.34. The van der Waals surface area contributed by atoms with Crippen LogP contribution in [0.25, 0.3) is 10.9 Å². The van der Waals surface area contributed by atoms with E-state index in [2.05, 4.69) is 30.9 Å². The number of fused-ring (bicyclic) bond motifs is 1. The number of benzene rings is 2. The molecule has 5 N–H and O–H groups in total. The second-order valence-corrected chi connectivity index (χ2v) is 11.7. The Hall–Kier alpha value is -5.10. The van der Waals surface area contributed by atoms with Crippen LogP contribution in [0, 0.1) is 5.92 Å². The fourth-order valence-corrected chi connectivity index (χ4v) is 5.34. The predicted octanol–water partition coefficient (Wildman–Crippen LogP) is 2.87. The maximum absolute atomic E-state index is 14.1. The molecule has 3 amide bonds. The van der Waals surface area contributed by atoms with E-state index >= 15 is 0 Å². The molecular formula is C35H42N6O6. The first kappa shape index (κ1) is 34.8. The number of aliphatic hydroxyl groups is 1. The Morgan fingerprint density at radius 1 is 0.894 bits per heavy atom. The largest absolute Gasteiger partial charge is 0.466 e. The third-order valence-corrected chi connectivity index (χ3v) is 7.63. The number of carbonyl (C=O) groups is 4. The molecule has 4 atom stereocenters. The molecule has 0 spiro atoms. The number of aromatic amines is 1. The molecule has 0 radical (unpaired) electrons. The lowest BCUT2D eigenvalue weighted by Crippen LogP contribution is -2.57. The summed E-state index contributed by atoms with van der Waals surface area (Å²) in [4.78, 5) is 64.7. The first-order valence-electron chi connectivity index (χ1n) is 15.7. The van der Waals surface area contributed by atoms with Crippen molar-refractivity contribution in [1.82, 2.24) is 30.9 Å². The van der Waals surface area contributed by atoms with E-state index in [1.165, 1.54) is 6.33 Å². The minimum atomic E-state index is -1.21. The molecule has 47 heavy (non-hydrogen) atoms. The molecule has 2 aromatic carbocycles. The number of nitrogens with one attached hydrogen (secondary N) is 4. The summed E-state index contributed by atoms with van der Waals surface area (Å²) in [5.74, 6) is -2.10. The number of hydrogen-bond acceptors (Lipinski definition) is 8. The average Bonchev–Trinajstić information content (AvgIpc) is 3.57. The van der Waals surface area contributed by atoms with Crippen LogP contribution < -0.4 is 16.0 Å². The molecule has 0 bridgehead atoms. The van der Waals surface area contributed by atoms with Crippen molar-refractivity contribution >= 4 is 34.6 Å². The minimum Gasteiger partial charge on any atom is -0.466 e. The van der Waals surface area contributed by atoms with Gasteiger partial charge < -0.3 is 30.8 Å². The van der Waals surface area contributed by atoms with Gasteiger partial charge in [-0.05, 0) is 49.1 Å². The van der Waals surface area contributed by atoms with Crippen LogP contribution in [0.4, 0.5) is 0 Å². The number of carbonyl (C=O) groups excluding carboxylic acids is 4. The minimum absolute atomic E-state index is 0.0531. The van der Waals surface area contributed by atoms with Crippen LogP contribution in [0.1, 0.15) is 55.2 Å². The van der Waals surface area contributed by atoms with E-state index in [-0.39, 0.29) is 31.8 Å². The van der Waals surface area contributed by atoms with Crippen LogP contribution in [0.3, 0.4) is 0 Å². The Morgan fingerprint density at radius 2 is 1.64 bits per heavy atom. The number of H-pyrrole nitrogens is 1. The Labute approximate surface area is 273 Å². The van der Waals surface area contributed by atoms with Crippen molar-refractivity contribution in [2.45, 2.75) is 70.7 Å². The van der Waals surface area contributed by atoms with E-state index in [4.69, 9.17) is 4.74 Å². The summed E-state index contributed by atoms with van der Waals surface area (Å²) < 4.78 is 4.99. The summed E-state index contributed by atoms with van der Waals surface area (Å²) in [5.41, 5.74) is 2.50. The third-order valence-electron chi connectivity index (χ3n) is 7.63. The number of hydrogen-bond donors (Lipinski definition) is 5. The van der Waals surface area contributed by atoms with Crippen molar-refractivity contribution in [3.8, 4) is 0 Å². The normalized spacial score (nSPS) is 13.7. The van der Waals surface area contributed by atoms with Gasteiger partial charge in [-0.1, -0.05) is 50.2 Å². The molecule has 0 aliphatic heterocycles. The summed E-state index contributed by atoms with van der Waals surface area (Å²) in [6.07, 6.45) is 3.75. The number of rotatable bonds is 16. The third kappa shape index (κ3) is 10.2. The van der Waals surface area contributed by atoms with E-state index in [1.54, 1.807) is 55.7 Å². The Morgan fingerprint density at radius 3 is 2.34 bits per heavy atom. The van der Waals surface area contributed by atoms with Gasteiger partial charge in [-0.25, -0.2) is 4.98 Å². The van der Waals surface area contributed by atoms with Crippen LogP contribution >= 0.6 is 0 Å². The predicted molar refractivity (Wildman–Crippen MR) is 176 cm³/mol. The number of aliphatic hydroxyl groups excluding tert-OH is 1. The van der Waals surface area contributed by atoms with Gasteiger partial charge in [0.15, 0.2) is 0 Å². The van der Waals surface area contributed by atoms with Gasteiger partial charge in [0.1, 0.15) is 12.1 Å². The van der Waals surface area contributed by atoms with Gasteiger partial charge in [-0.2, -0.15) is 0 Å². The first-order valence-corrected chi connectivity index (χ1v) is 15.7. The van der Waals surface area contributed by atoms with Gasteiger partial charge in [-0.3, -0.25) is 24.2 Å². The molecule has 0 aliphatic carbocycles. The van der Waals surface area contributed by atoms with Crippen LogP contribution in [0.15, 0.2) is 79.4 Å². The van der Waals surface area contributed by atoms with E-state index in [9.17, 15) is 24.3 Å². The number of amides is 3. The van der Waals surface area contributed by atoms with Gasteiger partial charge in [0, 0.05) is 41.9 Å². The smallest absolute Gasteiger partial charge is 0.308 e. The Balaban J connectivity index is 1.60. The van der Waals surface area contributed by atoms with E-state index in [1.807, 2.05) is 38.1 Å². The highest BCUT2D eigenvalue weighted by atomic mass is 16.5. The van der Waals surface area contributed by atoms with Gasteiger partial charge >= 0.3 is 5.97 Å². The summed E-state index contributed by atoms with van der Waals surface area (Å²) in [5, 5.41) is 20.3. The van der Waals surface area contributed by atoms with E-state index < -0.39 is 47.9 Å². The maximum atomic E-state index is 14.1. The summed E-state index contributed by atoms with van der Waals surface area (Å²) in [6, 6.07) is 14.9. The molecule has 12 nitrogen and oxygen atoms in total. The van der Waals surface area contributed by atoms with Crippen LogP contribution in [-0.4, -0.2) is 74.6 Å².